The molecular formula is C15H19NO. The molecular weight excluding hydrogens is 210 g/mol. The molecule has 0 aliphatic carbocycles. The zero-order chi connectivity index (χ0) is 12.3. The number of rotatable bonds is 4. The first-order valence-electron chi connectivity index (χ1n) is 6.12. The summed E-state index contributed by atoms with van der Waals surface area (Å²) >= 11 is 0. The van der Waals surface area contributed by atoms with Gasteiger partial charge < -0.3 is 9.73 Å². The van der Waals surface area contributed by atoms with Crippen molar-refractivity contribution in [2.75, 3.05) is 6.54 Å². The Morgan fingerprint density at radius 1 is 1.35 bits per heavy atom. The van der Waals surface area contributed by atoms with E-state index in [2.05, 4.69) is 37.4 Å². The van der Waals surface area contributed by atoms with Gasteiger partial charge in [0.2, 0.25) is 0 Å². The summed E-state index contributed by atoms with van der Waals surface area (Å²) in [5.74, 6) is 0.978. The highest BCUT2D eigenvalue weighted by Gasteiger charge is 2.07. The Kier molecular flexibility index (Phi) is 3.64. The van der Waals surface area contributed by atoms with E-state index in [1.54, 1.807) is 0 Å². The number of likely N-dealkylation sites (N-methyl/N-ethyl adjacent to an activating group) is 1. The maximum absolute atomic E-state index is 5.72. The van der Waals surface area contributed by atoms with Crippen molar-refractivity contribution in [2.24, 2.45) is 0 Å². The zero-order valence-electron chi connectivity index (χ0n) is 10.7. The quantitative estimate of drug-likeness (QED) is 0.863. The van der Waals surface area contributed by atoms with Gasteiger partial charge in [-0.3, -0.25) is 0 Å². The van der Waals surface area contributed by atoms with E-state index in [-0.39, 0.29) is 0 Å². The van der Waals surface area contributed by atoms with Crippen molar-refractivity contribution in [1.29, 1.82) is 0 Å². The summed E-state index contributed by atoms with van der Waals surface area (Å²) in [6.45, 7) is 7.26. The Balaban J connectivity index is 2.32. The highest BCUT2D eigenvalue weighted by molar-refractivity contribution is 5.88. The van der Waals surface area contributed by atoms with E-state index in [4.69, 9.17) is 4.42 Å². The SMILES string of the molecule is CCNC(C)/C=C/c1c(C)oc2ccccc12. The molecule has 1 aromatic carbocycles. The molecule has 1 unspecified atom stereocenters. The van der Waals surface area contributed by atoms with Crippen molar-refractivity contribution in [2.45, 2.75) is 26.8 Å². The van der Waals surface area contributed by atoms with Gasteiger partial charge in [0, 0.05) is 17.0 Å². The number of fused-ring (bicyclic) bond motifs is 1. The van der Waals surface area contributed by atoms with Gasteiger partial charge in [-0.05, 0) is 26.5 Å². The zero-order valence-corrected chi connectivity index (χ0v) is 10.7. The summed E-state index contributed by atoms with van der Waals surface area (Å²) in [4.78, 5) is 0. The molecule has 0 fully saturated rings. The molecule has 0 spiro atoms. The number of nitrogens with one attached hydrogen (secondary N) is 1. The van der Waals surface area contributed by atoms with Crippen LogP contribution < -0.4 is 5.32 Å². The van der Waals surface area contributed by atoms with E-state index in [0.29, 0.717) is 6.04 Å². The molecule has 2 heteroatoms. The minimum atomic E-state index is 0.382. The fourth-order valence-electron chi connectivity index (χ4n) is 2.03. The first-order valence-corrected chi connectivity index (χ1v) is 6.12. The molecule has 1 atom stereocenters. The second kappa shape index (κ2) is 5.19. The molecule has 2 nitrogen and oxygen atoms in total. The van der Waals surface area contributed by atoms with E-state index in [1.807, 2.05) is 25.1 Å². The molecule has 2 aromatic rings. The maximum Gasteiger partial charge on any atom is 0.134 e. The molecule has 1 N–H and O–H groups in total. The molecule has 0 aliphatic rings. The first-order chi connectivity index (χ1) is 8.22. The number of benzene rings is 1. The van der Waals surface area contributed by atoms with Gasteiger partial charge in [-0.2, -0.15) is 0 Å². The summed E-state index contributed by atoms with van der Waals surface area (Å²) in [6, 6.07) is 8.53. The molecule has 1 heterocycles. The highest BCUT2D eigenvalue weighted by Crippen LogP contribution is 2.26. The van der Waals surface area contributed by atoms with E-state index >= 15 is 0 Å². The van der Waals surface area contributed by atoms with E-state index < -0.39 is 0 Å². The second-order valence-corrected chi connectivity index (χ2v) is 4.27. The normalized spacial score (nSPS) is 13.6. The third-order valence-electron chi connectivity index (χ3n) is 2.90. The van der Waals surface area contributed by atoms with Gasteiger partial charge in [0.25, 0.3) is 0 Å². The minimum absolute atomic E-state index is 0.382. The van der Waals surface area contributed by atoms with E-state index in [1.165, 1.54) is 10.9 Å². The number of para-hydroxylation sites is 1. The van der Waals surface area contributed by atoms with Crippen LogP contribution in [0.25, 0.3) is 17.0 Å². The number of furan rings is 1. The molecule has 0 amide bonds. The second-order valence-electron chi connectivity index (χ2n) is 4.27. The van der Waals surface area contributed by atoms with Crippen molar-refractivity contribution in [1.82, 2.24) is 5.32 Å². The molecule has 2 rings (SSSR count). The maximum atomic E-state index is 5.72. The van der Waals surface area contributed by atoms with Crippen LogP contribution in [-0.2, 0) is 0 Å². The number of hydrogen-bond acceptors (Lipinski definition) is 2. The lowest BCUT2D eigenvalue weighted by Gasteiger charge is -2.05. The van der Waals surface area contributed by atoms with Crippen LogP contribution in [0.3, 0.4) is 0 Å². The molecule has 90 valence electrons. The van der Waals surface area contributed by atoms with Gasteiger partial charge in [0.1, 0.15) is 11.3 Å². The standard InChI is InChI=1S/C15H19NO/c1-4-16-11(2)9-10-13-12(3)17-15-8-6-5-7-14(13)15/h5-11,16H,4H2,1-3H3/b10-9+. The van der Waals surface area contributed by atoms with Crippen molar-refractivity contribution in [3.63, 3.8) is 0 Å². The fraction of sp³-hybridized carbons (Fsp3) is 0.333. The predicted molar refractivity (Wildman–Crippen MR) is 73.1 cm³/mol. The molecule has 0 saturated heterocycles. The van der Waals surface area contributed by atoms with Gasteiger partial charge in [-0.1, -0.05) is 37.3 Å². The molecule has 0 bridgehead atoms. The number of hydrogen-bond donors (Lipinski definition) is 1. The average molecular weight is 229 g/mol. The third-order valence-corrected chi connectivity index (χ3v) is 2.90. The Labute approximate surface area is 102 Å². The van der Waals surface area contributed by atoms with Crippen LogP contribution in [-0.4, -0.2) is 12.6 Å². The van der Waals surface area contributed by atoms with Gasteiger partial charge in [0.15, 0.2) is 0 Å². The van der Waals surface area contributed by atoms with Crippen LogP contribution in [0.5, 0.6) is 0 Å². The first kappa shape index (κ1) is 11.9. The summed E-state index contributed by atoms with van der Waals surface area (Å²) in [5.41, 5.74) is 2.14. The molecule has 1 aromatic heterocycles. The molecule has 0 saturated carbocycles. The minimum Gasteiger partial charge on any atom is -0.461 e. The monoisotopic (exact) mass is 229 g/mol. The lowest BCUT2D eigenvalue weighted by molar-refractivity contribution is 0.577. The van der Waals surface area contributed by atoms with Crippen molar-refractivity contribution in [3.8, 4) is 0 Å². The van der Waals surface area contributed by atoms with Crippen LogP contribution in [0.15, 0.2) is 34.8 Å². The van der Waals surface area contributed by atoms with Gasteiger partial charge >= 0.3 is 0 Å². The van der Waals surface area contributed by atoms with E-state index in [9.17, 15) is 0 Å². The fourth-order valence-corrected chi connectivity index (χ4v) is 2.03. The summed E-state index contributed by atoms with van der Waals surface area (Å²) < 4.78 is 5.72. The van der Waals surface area contributed by atoms with Gasteiger partial charge in [0.05, 0.1) is 0 Å². The van der Waals surface area contributed by atoms with Crippen molar-refractivity contribution in [3.05, 3.63) is 41.7 Å². The van der Waals surface area contributed by atoms with Crippen LogP contribution in [0.2, 0.25) is 0 Å². The Morgan fingerprint density at radius 3 is 2.88 bits per heavy atom. The lowest BCUT2D eigenvalue weighted by Crippen LogP contribution is -2.22. The summed E-state index contributed by atoms with van der Waals surface area (Å²) in [5, 5.41) is 4.54. The molecule has 0 aliphatic heterocycles. The lowest BCUT2D eigenvalue weighted by atomic mass is 10.1. The Hall–Kier alpha value is -1.54. The average Bonchev–Trinajstić information content (AvgIpc) is 2.62. The van der Waals surface area contributed by atoms with Crippen molar-refractivity contribution < 1.29 is 4.42 Å². The van der Waals surface area contributed by atoms with Gasteiger partial charge in [-0.25, -0.2) is 0 Å². The predicted octanol–water partition coefficient (Wildman–Crippen LogP) is 3.75. The topological polar surface area (TPSA) is 25.2 Å². The Morgan fingerprint density at radius 2 is 2.12 bits per heavy atom. The number of aryl methyl sites for hydroxylation is 1. The van der Waals surface area contributed by atoms with Crippen LogP contribution in [0, 0.1) is 6.92 Å². The summed E-state index contributed by atoms with van der Waals surface area (Å²) in [6.07, 6.45) is 4.32. The van der Waals surface area contributed by atoms with Crippen molar-refractivity contribution >= 4 is 17.0 Å². The van der Waals surface area contributed by atoms with Crippen LogP contribution in [0.4, 0.5) is 0 Å². The largest absolute Gasteiger partial charge is 0.461 e. The van der Waals surface area contributed by atoms with Crippen LogP contribution >= 0.6 is 0 Å². The van der Waals surface area contributed by atoms with Gasteiger partial charge in [-0.15, -0.1) is 0 Å². The summed E-state index contributed by atoms with van der Waals surface area (Å²) in [7, 11) is 0. The van der Waals surface area contributed by atoms with Crippen LogP contribution in [0.1, 0.15) is 25.2 Å². The highest BCUT2D eigenvalue weighted by atomic mass is 16.3. The molecule has 0 radical (unpaired) electrons. The Bertz CT molecular complexity index is 525. The molecule has 17 heavy (non-hydrogen) atoms. The third kappa shape index (κ3) is 2.59. The smallest absolute Gasteiger partial charge is 0.134 e. The van der Waals surface area contributed by atoms with E-state index in [0.717, 1.165) is 17.9 Å².